The molecular weight excluding hydrogens is 353 g/mol. The van der Waals surface area contributed by atoms with E-state index in [1.165, 1.54) is 12.1 Å². The first-order chi connectivity index (χ1) is 13.7. The molecule has 0 saturated carbocycles. The van der Waals surface area contributed by atoms with E-state index in [-0.39, 0.29) is 11.6 Å². The minimum absolute atomic E-state index is 0.0390. The fourth-order valence-electron chi connectivity index (χ4n) is 4.32. The van der Waals surface area contributed by atoms with Crippen molar-refractivity contribution in [3.63, 3.8) is 0 Å². The fourth-order valence-corrected chi connectivity index (χ4v) is 4.32. The first-order valence-corrected chi connectivity index (χ1v) is 9.15. The topological polar surface area (TPSA) is 29.5 Å². The lowest BCUT2D eigenvalue weighted by molar-refractivity contribution is 0.104. The molecule has 28 heavy (non-hydrogen) atoms. The van der Waals surface area contributed by atoms with E-state index in [1.54, 1.807) is 17.2 Å². The van der Waals surface area contributed by atoms with Crippen molar-refractivity contribution in [1.82, 2.24) is 0 Å². The normalized spacial score (nSPS) is 14.0. The predicted octanol–water partition coefficient (Wildman–Crippen LogP) is 5.50. The van der Waals surface area contributed by atoms with Crippen molar-refractivity contribution in [3.8, 4) is 16.9 Å². The molecule has 0 bridgehead atoms. The Labute approximate surface area is 160 Å². The molecule has 1 aliphatic carbocycles. The van der Waals surface area contributed by atoms with Crippen LogP contribution < -0.4 is 9.90 Å². The van der Waals surface area contributed by atoms with Crippen molar-refractivity contribution < 1.29 is 14.0 Å². The maximum Gasteiger partial charge on any atom is 0.194 e. The predicted molar refractivity (Wildman–Crippen MR) is 106 cm³/mol. The van der Waals surface area contributed by atoms with E-state index in [2.05, 4.69) is 0 Å². The maximum atomic E-state index is 13.3. The monoisotopic (exact) mass is 367 g/mol. The summed E-state index contributed by atoms with van der Waals surface area (Å²) in [4.78, 5) is 19.4. The lowest BCUT2D eigenvalue weighted by atomic mass is 9.93. The average molecular weight is 367 g/mol. The third kappa shape index (κ3) is 1.94. The van der Waals surface area contributed by atoms with Gasteiger partial charge in [0, 0.05) is 27.6 Å². The maximum absolute atomic E-state index is 13.3. The molecule has 0 atom stereocenters. The Morgan fingerprint density at radius 2 is 1.46 bits per heavy atom. The summed E-state index contributed by atoms with van der Waals surface area (Å²) >= 11 is 0. The number of hydrogen-bond acceptors (Lipinski definition) is 3. The molecule has 4 aromatic carbocycles. The lowest BCUT2D eigenvalue weighted by Gasteiger charge is -2.16. The zero-order valence-corrected chi connectivity index (χ0v) is 14.8. The third-order valence-electron chi connectivity index (χ3n) is 5.55. The van der Waals surface area contributed by atoms with Crippen LogP contribution in [0.1, 0.15) is 21.5 Å². The van der Waals surface area contributed by atoms with E-state index in [4.69, 9.17) is 4.84 Å². The van der Waals surface area contributed by atoms with Gasteiger partial charge in [-0.25, -0.2) is 9.45 Å². The number of halogens is 1. The van der Waals surface area contributed by atoms with E-state index in [1.807, 2.05) is 48.5 Å². The molecule has 6 rings (SSSR count). The van der Waals surface area contributed by atoms with Crippen molar-refractivity contribution in [1.29, 1.82) is 0 Å². The highest BCUT2D eigenvalue weighted by Gasteiger charge is 2.37. The number of carbonyl (C=O) groups is 1. The van der Waals surface area contributed by atoms with Gasteiger partial charge in [-0.1, -0.05) is 48.5 Å². The van der Waals surface area contributed by atoms with Crippen LogP contribution in [0.4, 0.5) is 10.1 Å². The van der Waals surface area contributed by atoms with E-state index >= 15 is 0 Å². The Balaban J connectivity index is 1.62. The summed E-state index contributed by atoms with van der Waals surface area (Å²) in [6.07, 6.45) is 0. The number of fused-ring (bicyclic) bond motifs is 8. The standard InChI is InChI=1S/C24H14FNO2/c25-14-9-11-15(12-10-14)26-13-20-22-21(16-5-1-3-7-18(16)23(22)27)17-6-2-4-8-19(17)24(20)28-26/h1-12H,13H2. The van der Waals surface area contributed by atoms with Crippen LogP contribution in [-0.4, -0.2) is 5.78 Å². The van der Waals surface area contributed by atoms with E-state index < -0.39 is 0 Å². The first kappa shape index (κ1) is 15.4. The molecule has 2 aliphatic rings. The summed E-state index contributed by atoms with van der Waals surface area (Å²) in [5.74, 6) is 0.453. The Bertz CT molecular complexity index is 1290. The Morgan fingerprint density at radius 1 is 0.786 bits per heavy atom. The number of rotatable bonds is 1. The molecule has 0 spiro atoms. The molecule has 0 saturated heterocycles. The molecule has 0 amide bonds. The van der Waals surface area contributed by atoms with Gasteiger partial charge in [0.1, 0.15) is 5.82 Å². The summed E-state index contributed by atoms with van der Waals surface area (Å²) in [5, 5.41) is 3.70. The van der Waals surface area contributed by atoms with E-state index in [9.17, 15) is 9.18 Å². The minimum Gasteiger partial charge on any atom is -0.378 e. The van der Waals surface area contributed by atoms with Crippen LogP contribution >= 0.6 is 0 Å². The lowest BCUT2D eigenvalue weighted by Crippen LogP contribution is -2.20. The van der Waals surface area contributed by atoms with Gasteiger partial charge in [0.25, 0.3) is 0 Å². The molecule has 4 heteroatoms. The van der Waals surface area contributed by atoms with Crippen LogP contribution in [0.5, 0.6) is 5.75 Å². The molecule has 1 heterocycles. The van der Waals surface area contributed by atoms with Crippen LogP contribution in [0.25, 0.3) is 21.9 Å². The van der Waals surface area contributed by atoms with Crippen molar-refractivity contribution in [2.75, 3.05) is 5.06 Å². The molecule has 3 nitrogen and oxygen atoms in total. The minimum atomic E-state index is -0.294. The zero-order chi connectivity index (χ0) is 18.8. The number of hydrogen-bond donors (Lipinski definition) is 0. The second kappa shape index (κ2) is 5.42. The van der Waals surface area contributed by atoms with Gasteiger partial charge in [-0.15, -0.1) is 0 Å². The van der Waals surface area contributed by atoms with Crippen LogP contribution in [0.3, 0.4) is 0 Å². The summed E-state index contributed by atoms with van der Waals surface area (Å²) in [6, 6.07) is 21.9. The zero-order valence-electron chi connectivity index (χ0n) is 14.8. The molecule has 1 aliphatic heterocycles. The molecule has 0 N–H and O–H groups in total. The van der Waals surface area contributed by atoms with Crippen molar-refractivity contribution in [2.24, 2.45) is 0 Å². The van der Waals surface area contributed by atoms with Crippen LogP contribution in [0.2, 0.25) is 0 Å². The number of nitrogens with zero attached hydrogens (tertiary/aromatic N) is 1. The van der Waals surface area contributed by atoms with Gasteiger partial charge in [-0.3, -0.25) is 4.79 Å². The highest BCUT2D eigenvalue weighted by atomic mass is 19.1. The molecule has 0 unspecified atom stereocenters. The van der Waals surface area contributed by atoms with E-state index in [0.717, 1.165) is 44.3 Å². The summed E-state index contributed by atoms with van der Waals surface area (Å²) in [6.45, 7) is 0.438. The van der Waals surface area contributed by atoms with Crippen LogP contribution in [0.15, 0.2) is 72.8 Å². The summed E-state index contributed by atoms with van der Waals surface area (Å²) in [7, 11) is 0. The molecule has 0 fully saturated rings. The van der Waals surface area contributed by atoms with Gasteiger partial charge >= 0.3 is 0 Å². The Hall–Kier alpha value is -3.66. The number of benzene rings is 4. The smallest absolute Gasteiger partial charge is 0.194 e. The summed E-state index contributed by atoms with van der Waals surface area (Å²) in [5.41, 5.74) is 5.05. The number of carbonyl (C=O) groups excluding carboxylic acids is 1. The third-order valence-corrected chi connectivity index (χ3v) is 5.55. The van der Waals surface area contributed by atoms with Gasteiger partial charge in [-0.2, -0.15) is 0 Å². The van der Waals surface area contributed by atoms with Gasteiger partial charge in [-0.05, 0) is 35.2 Å². The molecule has 134 valence electrons. The molecule has 4 aromatic rings. The molecule has 0 aromatic heterocycles. The molecule has 0 radical (unpaired) electrons. The first-order valence-electron chi connectivity index (χ1n) is 9.15. The Kier molecular flexibility index (Phi) is 2.98. The number of ketones is 1. The fraction of sp³-hybridized carbons (Fsp3) is 0.0417. The largest absolute Gasteiger partial charge is 0.378 e. The Morgan fingerprint density at radius 3 is 2.25 bits per heavy atom. The van der Waals surface area contributed by atoms with Crippen LogP contribution in [0, 0.1) is 5.82 Å². The highest BCUT2D eigenvalue weighted by Crippen LogP contribution is 2.50. The second-order valence-electron chi connectivity index (χ2n) is 7.08. The highest BCUT2D eigenvalue weighted by molar-refractivity contribution is 6.27. The second-order valence-corrected chi connectivity index (χ2v) is 7.08. The number of hydroxylamine groups is 1. The van der Waals surface area contributed by atoms with Crippen LogP contribution in [-0.2, 0) is 6.54 Å². The van der Waals surface area contributed by atoms with Gasteiger partial charge in [0.15, 0.2) is 11.5 Å². The van der Waals surface area contributed by atoms with Crippen molar-refractivity contribution >= 4 is 22.2 Å². The van der Waals surface area contributed by atoms with Gasteiger partial charge in [0.05, 0.1) is 12.2 Å². The average Bonchev–Trinajstić information content (AvgIpc) is 3.29. The molecular formula is C24H14FNO2. The van der Waals surface area contributed by atoms with Gasteiger partial charge in [0.2, 0.25) is 0 Å². The van der Waals surface area contributed by atoms with E-state index in [0.29, 0.717) is 12.3 Å². The summed E-state index contributed by atoms with van der Waals surface area (Å²) < 4.78 is 13.3. The number of anilines is 1. The van der Waals surface area contributed by atoms with Crippen molar-refractivity contribution in [3.05, 3.63) is 95.3 Å². The quantitative estimate of drug-likeness (QED) is 0.392. The van der Waals surface area contributed by atoms with Gasteiger partial charge < -0.3 is 4.84 Å². The van der Waals surface area contributed by atoms with Crippen molar-refractivity contribution in [2.45, 2.75) is 6.54 Å². The SMILES string of the molecule is O=C1c2ccccc2-c2c1c1c(c3ccccc23)ON(c2ccc(F)cc2)C1.